The monoisotopic (exact) mass is 527 g/mol. The van der Waals surface area contributed by atoms with Gasteiger partial charge in [0, 0.05) is 28.5 Å². The van der Waals surface area contributed by atoms with Crippen molar-refractivity contribution in [2.24, 2.45) is 5.92 Å². The van der Waals surface area contributed by atoms with Crippen LogP contribution < -0.4 is 10.6 Å². The summed E-state index contributed by atoms with van der Waals surface area (Å²) < 4.78 is 0. The maximum atomic E-state index is 14.9. The normalized spacial score (nSPS) is 28.1. The highest BCUT2D eigenvalue weighted by Crippen LogP contribution is 2.68. The lowest BCUT2D eigenvalue weighted by molar-refractivity contribution is -0.137. The van der Waals surface area contributed by atoms with E-state index in [2.05, 4.69) is 15.5 Å². The summed E-state index contributed by atoms with van der Waals surface area (Å²) in [5, 5.41) is 8.35. The van der Waals surface area contributed by atoms with Gasteiger partial charge in [0.1, 0.15) is 11.0 Å². The van der Waals surface area contributed by atoms with E-state index in [0.717, 1.165) is 51.6 Å². The lowest BCUT2D eigenvalue weighted by Crippen LogP contribution is -2.62. The number of rotatable bonds is 2. The molecule has 0 bridgehead atoms. The second-order valence-electron chi connectivity index (χ2n) is 11.7. The molecule has 0 aromatic heterocycles. The number of hydrogen-bond donors (Lipinski definition) is 2. The first kappa shape index (κ1) is 23.6. The van der Waals surface area contributed by atoms with Crippen LogP contribution in [0.1, 0.15) is 45.5 Å². The molecule has 8 rings (SSSR count). The number of para-hydroxylation sites is 1. The lowest BCUT2D eigenvalue weighted by atomic mass is 9.57. The Morgan fingerprint density at radius 3 is 2.48 bits per heavy atom. The highest BCUT2D eigenvalue weighted by molar-refractivity contribution is 6.21. The molecule has 198 valence electrons. The van der Waals surface area contributed by atoms with E-state index >= 15 is 0 Å². The van der Waals surface area contributed by atoms with E-state index in [4.69, 9.17) is 0 Å². The number of ketones is 1. The van der Waals surface area contributed by atoms with Crippen LogP contribution in [0.15, 0.2) is 78.9 Å². The fraction of sp³-hybridized carbons (Fsp3) is 0.265. The van der Waals surface area contributed by atoms with Gasteiger partial charge in [-0.3, -0.25) is 19.3 Å². The molecule has 2 N–H and O–H groups in total. The number of anilines is 2. The Kier molecular flexibility index (Phi) is 4.65. The molecule has 2 spiro atoms. The fourth-order valence-electron chi connectivity index (χ4n) is 8.42. The van der Waals surface area contributed by atoms with Crippen molar-refractivity contribution in [2.75, 3.05) is 17.2 Å². The smallest absolute Gasteiger partial charge is 0.251 e. The zero-order chi connectivity index (χ0) is 27.4. The molecular weight excluding hydrogens is 498 g/mol. The van der Waals surface area contributed by atoms with E-state index in [0.29, 0.717) is 17.8 Å². The number of nitrogens with zero attached hydrogens (tertiary/aromatic N) is 1. The first-order valence-corrected chi connectivity index (χ1v) is 14.0. The third-order valence-corrected chi connectivity index (χ3v) is 10.1. The Morgan fingerprint density at radius 2 is 1.62 bits per heavy atom. The van der Waals surface area contributed by atoms with Crippen molar-refractivity contribution in [1.82, 2.24) is 4.90 Å². The van der Waals surface area contributed by atoms with E-state index in [1.165, 1.54) is 0 Å². The second-order valence-corrected chi connectivity index (χ2v) is 11.7. The highest BCUT2D eigenvalue weighted by atomic mass is 16.2. The number of aryl methyl sites for hydroxylation is 1. The molecule has 4 aromatic carbocycles. The van der Waals surface area contributed by atoms with Gasteiger partial charge in [0.15, 0.2) is 5.78 Å². The Balaban J connectivity index is 1.46. The maximum absolute atomic E-state index is 14.9. The van der Waals surface area contributed by atoms with Gasteiger partial charge in [-0.15, -0.1) is 0 Å². The highest BCUT2D eigenvalue weighted by Gasteiger charge is 2.81. The lowest BCUT2D eigenvalue weighted by Gasteiger charge is -2.43. The molecule has 6 nitrogen and oxygen atoms in total. The number of carbonyl (C=O) groups excluding carboxylic acids is 3. The standard InChI is InChI=1S/C34H29N3O3/c1-19-13-16-25-29(20(19)2)36-32(40)34(25)33(24-10-5-6-11-26(24)35-31(33)39)28(27-12-7-17-37(27)34)30(38)23-15-14-21-8-3-4-9-22(21)18-23/h3-6,8-11,13-16,18,27-28H,7,12,17H2,1-2H3,(H,35,39)(H,36,40)/t27-,28-,33+,34-/m1/s1. The van der Waals surface area contributed by atoms with E-state index in [-0.39, 0.29) is 23.6 Å². The molecule has 4 aromatic rings. The molecule has 2 amide bonds. The molecule has 0 radical (unpaired) electrons. The zero-order valence-corrected chi connectivity index (χ0v) is 22.5. The van der Waals surface area contributed by atoms with Crippen LogP contribution in [0.5, 0.6) is 0 Å². The van der Waals surface area contributed by atoms with Crippen molar-refractivity contribution >= 4 is 39.7 Å². The minimum Gasteiger partial charge on any atom is -0.325 e. The summed E-state index contributed by atoms with van der Waals surface area (Å²) in [6.45, 7) is 4.68. The number of benzene rings is 4. The van der Waals surface area contributed by atoms with Gasteiger partial charge in [-0.05, 0) is 72.8 Å². The van der Waals surface area contributed by atoms with Gasteiger partial charge < -0.3 is 10.6 Å². The largest absolute Gasteiger partial charge is 0.325 e. The van der Waals surface area contributed by atoms with Crippen molar-refractivity contribution in [1.29, 1.82) is 0 Å². The summed E-state index contributed by atoms with van der Waals surface area (Å²) in [6, 6.07) is 25.1. The summed E-state index contributed by atoms with van der Waals surface area (Å²) in [6.07, 6.45) is 1.61. The predicted molar refractivity (Wildman–Crippen MR) is 154 cm³/mol. The quantitative estimate of drug-likeness (QED) is 0.339. The minimum absolute atomic E-state index is 0.0866. The Bertz CT molecular complexity index is 1810. The number of nitrogens with one attached hydrogen (secondary N) is 2. The number of fused-ring (bicyclic) bond motifs is 8. The third-order valence-electron chi connectivity index (χ3n) is 10.1. The molecule has 0 saturated carbocycles. The first-order chi connectivity index (χ1) is 19.4. The number of hydrogen-bond acceptors (Lipinski definition) is 4. The van der Waals surface area contributed by atoms with Crippen LogP contribution in [-0.4, -0.2) is 35.1 Å². The Morgan fingerprint density at radius 1 is 0.850 bits per heavy atom. The van der Waals surface area contributed by atoms with Gasteiger partial charge in [-0.25, -0.2) is 0 Å². The van der Waals surface area contributed by atoms with E-state index in [9.17, 15) is 14.4 Å². The second kappa shape index (κ2) is 7.89. The van der Waals surface area contributed by atoms with Crippen LogP contribution in [0.2, 0.25) is 0 Å². The molecule has 2 saturated heterocycles. The SMILES string of the molecule is Cc1ccc2c(c1C)NC(=O)[C@]21N2CCC[C@@H]2[C@H](C(=O)c2ccc3ccccc3c2)[C@@]12C(=O)Nc1ccccc12. The summed E-state index contributed by atoms with van der Waals surface area (Å²) in [5.74, 6) is -1.32. The van der Waals surface area contributed by atoms with Gasteiger partial charge in [0.2, 0.25) is 5.91 Å². The Labute approximate surface area is 232 Å². The average molecular weight is 528 g/mol. The molecule has 40 heavy (non-hydrogen) atoms. The molecule has 0 aliphatic carbocycles. The van der Waals surface area contributed by atoms with Crippen LogP contribution in [0, 0.1) is 19.8 Å². The summed E-state index contributed by atoms with van der Waals surface area (Å²) in [7, 11) is 0. The fourth-order valence-corrected chi connectivity index (χ4v) is 8.42. The van der Waals surface area contributed by atoms with Crippen LogP contribution in [0.4, 0.5) is 11.4 Å². The van der Waals surface area contributed by atoms with E-state index in [1.807, 2.05) is 92.7 Å². The first-order valence-electron chi connectivity index (χ1n) is 14.0. The number of amides is 2. The van der Waals surface area contributed by atoms with Crippen LogP contribution >= 0.6 is 0 Å². The molecule has 4 aliphatic rings. The van der Waals surface area contributed by atoms with Gasteiger partial charge in [-0.2, -0.15) is 0 Å². The summed E-state index contributed by atoms with van der Waals surface area (Å²) >= 11 is 0. The molecular formula is C34H29N3O3. The number of Topliss-reactive ketones (excluding diaryl/α,β-unsaturated/α-hetero) is 1. The topological polar surface area (TPSA) is 78.5 Å². The van der Waals surface area contributed by atoms with Crippen molar-refractivity contribution < 1.29 is 14.4 Å². The molecule has 0 unspecified atom stereocenters. The third kappa shape index (κ3) is 2.56. The average Bonchev–Trinajstić information content (AvgIpc) is 3.69. The van der Waals surface area contributed by atoms with Gasteiger partial charge in [0.25, 0.3) is 5.91 Å². The van der Waals surface area contributed by atoms with Gasteiger partial charge in [-0.1, -0.05) is 66.7 Å². The minimum atomic E-state index is -1.42. The predicted octanol–water partition coefficient (Wildman–Crippen LogP) is 5.47. The van der Waals surface area contributed by atoms with Crippen molar-refractivity contribution in [3.8, 4) is 0 Å². The van der Waals surface area contributed by atoms with Crippen molar-refractivity contribution in [3.63, 3.8) is 0 Å². The van der Waals surface area contributed by atoms with Crippen molar-refractivity contribution in [2.45, 2.75) is 43.7 Å². The van der Waals surface area contributed by atoms with Crippen LogP contribution in [-0.2, 0) is 20.5 Å². The molecule has 6 heteroatoms. The van der Waals surface area contributed by atoms with Crippen LogP contribution in [0.25, 0.3) is 10.8 Å². The van der Waals surface area contributed by atoms with Gasteiger partial charge >= 0.3 is 0 Å². The molecule has 4 aliphatic heterocycles. The van der Waals surface area contributed by atoms with E-state index < -0.39 is 16.9 Å². The van der Waals surface area contributed by atoms with E-state index in [1.54, 1.807) is 0 Å². The number of carbonyl (C=O) groups is 3. The summed E-state index contributed by atoms with van der Waals surface area (Å²) in [4.78, 5) is 46.4. The maximum Gasteiger partial charge on any atom is 0.251 e. The van der Waals surface area contributed by atoms with Crippen LogP contribution in [0.3, 0.4) is 0 Å². The molecule has 4 heterocycles. The Hall–Kier alpha value is -4.29. The summed E-state index contributed by atoms with van der Waals surface area (Å²) in [5.41, 5.74) is 2.85. The van der Waals surface area contributed by atoms with Crippen molar-refractivity contribution in [3.05, 3.63) is 107 Å². The molecule has 4 atom stereocenters. The molecule has 2 fully saturated rings. The van der Waals surface area contributed by atoms with Gasteiger partial charge in [0.05, 0.1) is 5.92 Å². The zero-order valence-electron chi connectivity index (χ0n) is 22.5.